The van der Waals surface area contributed by atoms with Gasteiger partial charge in [0.25, 0.3) is 0 Å². The van der Waals surface area contributed by atoms with Crippen LogP contribution in [0.4, 0.5) is 0 Å². The average Bonchev–Trinajstić information content (AvgIpc) is 3.04. The van der Waals surface area contributed by atoms with Crippen molar-refractivity contribution in [1.29, 1.82) is 0 Å². The molecule has 0 aromatic heterocycles. The fourth-order valence-electron chi connectivity index (χ4n) is 8.10. The predicted molar refractivity (Wildman–Crippen MR) is 202 cm³/mol. The Labute approximate surface area is 285 Å². The second kappa shape index (κ2) is 15.1. The number of aliphatic hydroxyl groups is 1. The molecule has 1 unspecified atom stereocenters. The molecule has 0 heterocycles. The first-order chi connectivity index (χ1) is 21.7. The first-order valence-corrected chi connectivity index (χ1v) is 24.9. The summed E-state index contributed by atoms with van der Waals surface area (Å²) in [5, 5.41) is 12.3. The van der Waals surface area contributed by atoms with Crippen molar-refractivity contribution >= 4 is 18.4 Å². The van der Waals surface area contributed by atoms with Gasteiger partial charge in [-0.1, -0.05) is 0 Å². The molecule has 0 amide bonds. The molecule has 0 aliphatic carbocycles. The number of benzene rings is 4. The third-order valence-electron chi connectivity index (χ3n) is 10.3. The van der Waals surface area contributed by atoms with E-state index in [1.54, 1.807) is 3.59 Å². The summed E-state index contributed by atoms with van der Waals surface area (Å²) in [7, 11) is 0. The summed E-state index contributed by atoms with van der Waals surface area (Å²) in [5.41, 5.74) is 4.12. The second-order valence-electron chi connectivity index (χ2n) is 15.8. The molecular weight excluding hydrogens is 663 g/mol. The van der Waals surface area contributed by atoms with Crippen LogP contribution in [0.25, 0.3) is 0 Å². The van der Waals surface area contributed by atoms with Crippen LogP contribution in [0, 0.1) is 0 Å². The zero-order chi connectivity index (χ0) is 33.5. The van der Waals surface area contributed by atoms with Crippen LogP contribution in [0.5, 0.6) is 0 Å². The van der Waals surface area contributed by atoms with E-state index in [0.717, 1.165) is 24.8 Å². The molecule has 4 aromatic carbocycles. The molecule has 244 valence electrons. The molecule has 0 radical (unpaired) electrons. The van der Waals surface area contributed by atoms with E-state index >= 15 is 0 Å². The van der Waals surface area contributed by atoms with Crippen LogP contribution in [0.2, 0.25) is 13.3 Å². The van der Waals surface area contributed by atoms with Crippen molar-refractivity contribution in [1.82, 2.24) is 0 Å². The Hall–Kier alpha value is -2.62. The van der Waals surface area contributed by atoms with Gasteiger partial charge < -0.3 is 0 Å². The van der Waals surface area contributed by atoms with Gasteiger partial charge in [-0.2, -0.15) is 0 Å². The molecule has 0 aliphatic rings. The number of hydrogen-bond donors (Lipinski definition) is 1. The summed E-state index contributed by atoms with van der Waals surface area (Å²) in [6.45, 7) is 19.2. The molecule has 1 nitrogen and oxygen atoms in total. The second-order valence-corrected chi connectivity index (χ2v) is 28.0. The van der Waals surface area contributed by atoms with E-state index in [-0.39, 0.29) is 16.2 Å². The monoisotopic (exact) mass is 722 g/mol. The first-order valence-electron chi connectivity index (χ1n) is 17.4. The van der Waals surface area contributed by atoms with Crippen molar-refractivity contribution in [3.05, 3.63) is 153 Å². The summed E-state index contributed by atoms with van der Waals surface area (Å²) in [6, 6.07) is 43.9. The van der Waals surface area contributed by atoms with Crippen LogP contribution in [-0.2, 0) is 21.8 Å². The van der Waals surface area contributed by atoms with E-state index in [0.29, 0.717) is 0 Å². The van der Waals surface area contributed by atoms with E-state index < -0.39 is 24.0 Å². The molecule has 4 aromatic rings. The normalized spacial score (nSPS) is 14.6. The van der Waals surface area contributed by atoms with Crippen molar-refractivity contribution in [3.8, 4) is 0 Å². The van der Waals surface area contributed by atoms with Crippen molar-refractivity contribution in [2.45, 2.75) is 110 Å². The van der Waals surface area contributed by atoms with Gasteiger partial charge in [0.05, 0.1) is 0 Å². The van der Waals surface area contributed by atoms with Gasteiger partial charge in [-0.15, -0.1) is 0 Å². The fraction of sp³-hybridized carbons (Fsp3) is 0.409. The van der Waals surface area contributed by atoms with Crippen LogP contribution in [-0.4, -0.2) is 23.5 Å². The summed E-state index contributed by atoms with van der Waals surface area (Å²) in [6.07, 6.45) is 5.69. The average molecular weight is 722 g/mol. The quantitative estimate of drug-likeness (QED) is 0.121. The zero-order valence-corrected chi connectivity index (χ0v) is 32.7. The Kier molecular flexibility index (Phi) is 11.9. The van der Waals surface area contributed by atoms with E-state index in [4.69, 9.17) is 0 Å². The van der Waals surface area contributed by atoms with Crippen molar-refractivity contribution in [2.75, 3.05) is 0 Å². The number of rotatable bonds is 15. The summed E-state index contributed by atoms with van der Waals surface area (Å²) in [5.74, 6) is 0. The minimum absolute atomic E-state index is 0.0131. The van der Waals surface area contributed by atoms with Crippen LogP contribution in [0.1, 0.15) is 96.9 Å². The predicted octanol–water partition coefficient (Wildman–Crippen LogP) is 11.9. The van der Waals surface area contributed by atoms with Crippen LogP contribution < -0.4 is 0 Å². The van der Waals surface area contributed by atoms with Crippen LogP contribution in [0.3, 0.4) is 0 Å². The van der Waals surface area contributed by atoms with E-state index in [2.05, 4.69) is 170 Å². The Bertz CT molecular complexity index is 1390. The summed E-state index contributed by atoms with van der Waals surface area (Å²) in [4.78, 5) is 0. The molecular formula is C44H58OSn. The van der Waals surface area contributed by atoms with Crippen molar-refractivity contribution in [3.63, 3.8) is 0 Å². The Morgan fingerprint density at radius 3 is 1.13 bits per heavy atom. The van der Waals surface area contributed by atoms with Gasteiger partial charge in [-0.25, -0.2) is 0 Å². The molecule has 0 bridgehead atoms. The molecule has 0 aliphatic heterocycles. The molecule has 46 heavy (non-hydrogen) atoms. The molecule has 2 heteroatoms. The Morgan fingerprint density at radius 1 is 0.522 bits per heavy atom. The maximum absolute atomic E-state index is 12.3. The van der Waals surface area contributed by atoms with Gasteiger partial charge in [-0.05, 0) is 0 Å². The molecule has 0 fully saturated rings. The number of unbranched alkanes of at least 4 members (excludes halogenated alkanes) is 1. The molecule has 4 rings (SSSR count). The van der Waals surface area contributed by atoms with Gasteiger partial charge in [0.1, 0.15) is 0 Å². The first kappa shape index (κ1) is 36.2. The van der Waals surface area contributed by atoms with Crippen LogP contribution in [0.15, 0.2) is 131 Å². The van der Waals surface area contributed by atoms with E-state index in [1.807, 2.05) is 13.0 Å². The van der Waals surface area contributed by atoms with Crippen molar-refractivity contribution in [2.24, 2.45) is 0 Å². The van der Waals surface area contributed by atoms with Gasteiger partial charge in [0, 0.05) is 0 Å². The van der Waals surface area contributed by atoms with Crippen LogP contribution >= 0.6 is 0 Å². The summed E-state index contributed by atoms with van der Waals surface area (Å²) >= 11 is -3.60. The summed E-state index contributed by atoms with van der Waals surface area (Å²) < 4.78 is 5.14. The van der Waals surface area contributed by atoms with E-state index in [1.165, 1.54) is 30.0 Å². The number of hydrogen-bond acceptors (Lipinski definition) is 1. The van der Waals surface area contributed by atoms with Gasteiger partial charge >= 0.3 is 287 Å². The minimum atomic E-state index is -3.60. The fourth-order valence-corrected chi connectivity index (χ4v) is 31.0. The van der Waals surface area contributed by atoms with Gasteiger partial charge in [0.15, 0.2) is 0 Å². The SMILES string of the molecule is CCCC/[C](=C\C(C)(O)c1ccccc1)[Sn]([CH2]C(C)(C)c1ccccc1)([CH2]C(C)(C)c1ccccc1)[CH2]C(C)(C)c1ccccc1. The Balaban J connectivity index is 2.03. The molecule has 1 N–H and O–H groups in total. The number of allylic oxidation sites excluding steroid dienone is 1. The van der Waals surface area contributed by atoms with E-state index in [9.17, 15) is 5.11 Å². The third-order valence-corrected chi connectivity index (χ3v) is 28.7. The Morgan fingerprint density at radius 2 is 0.826 bits per heavy atom. The molecule has 0 spiro atoms. The third kappa shape index (κ3) is 9.04. The van der Waals surface area contributed by atoms with Gasteiger partial charge in [0.2, 0.25) is 0 Å². The molecule has 1 atom stereocenters. The molecule has 0 saturated carbocycles. The van der Waals surface area contributed by atoms with Gasteiger partial charge in [-0.3, -0.25) is 0 Å². The molecule has 0 saturated heterocycles. The van der Waals surface area contributed by atoms with Crippen molar-refractivity contribution < 1.29 is 5.11 Å². The topological polar surface area (TPSA) is 20.2 Å². The maximum atomic E-state index is 12.3. The standard InChI is InChI=1S/C14H19O.3C10H13.Sn/c1-3-4-5-9-12-14(2,15)13-10-7-6-8-11-13;3*1-10(2,3)9-7-5-4-6-8-9;/h6-8,10-12,15H,3-5H2,1-2H3;3*4-8H,1H2,2-3H3;. The zero-order valence-electron chi connectivity index (χ0n) is 29.8.